The summed E-state index contributed by atoms with van der Waals surface area (Å²) in [5, 5.41) is 3.60. The number of nitrogens with zero attached hydrogens (tertiary/aromatic N) is 3. The van der Waals surface area contributed by atoms with Crippen LogP contribution in [0.2, 0.25) is 0 Å². The first-order valence-electron chi connectivity index (χ1n) is 8.65. The Labute approximate surface area is 136 Å². The highest BCUT2D eigenvalue weighted by molar-refractivity contribution is 5.80. The Hall–Kier alpha value is -0.810. The summed E-state index contributed by atoms with van der Waals surface area (Å²) in [6.45, 7) is 9.57. The van der Waals surface area contributed by atoms with Gasteiger partial charge in [0.25, 0.3) is 0 Å². The Morgan fingerprint density at radius 1 is 1.36 bits per heavy atom. The van der Waals surface area contributed by atoms with E-state index in [0.717, 1.165) is 38.8 Å². The molecular formula is C17H34N4O. The van der Waals surface area contributed by atoms with Gasteiger partial charge in [-0.25, -0.2) is 0 Å². The normalized spacial score (nSPS) is 27.4. The lowest BCUT2D eigenvalue weighted by molar-refractivity contribution is 0.156. The van der Waals surface area contributed by atoms with Crippen molar-refractivity contribution in [1.29, 1.82) is 0 Å². The molecule has 2 rings (SSSR count). The molecule has 2 aliphatic rings. The molecule has 0 aliphatic carbocycles. The van der Waals surface area contributed by atoms with E-state index in [-0.39, 0.29) is 0 Å². The van der Waals surface area contributed by atoms with Crippen molar-refractivity contribution in [2.45, 2.75) is 39.2 Å². The van der Waals surface area contributed by atoms with Crippen LogP contribution in [0, 0.1) is 11.3 Å². The van der Waals surface area contributed by atoms with Crippen molar-refractivity contribution in [1.82, 2.24) is 15.1 Å². The highest BCUT2D eigenvalue weighted by Gasteiger charge is 2.42. The zero-order chi connectivity index (χ0) is 16.2. The lowest BCUT2D eigenvalue weighted by Crippen LogP contribution is -2.47. The summed E-state index contributed by atoms with van der Waals surface area (Å²) < 4.78 is 5.62. The van der Waals surface area contributed by atoms with Crippen molar-refractivity contribution in [2.24, 2.45) is 16.3 Å². The molecule has 2 aliphatic heterocycles. The Balaban J connectivity index is 1.87. The molecule has 2 atom stereocenters. The van der Waals surface area contributed by atoms with Crippen LogP contribution in [0.1, 0.15) is 33.1 Å². The summed E-state index contributed by atoms with van der Waals surface area (Å²) in [4.78, 5) is 9.24. The third-order valence-electron chi connectivity index (χ3n) is 5.10. The Bertz CT molecular complexity index is 375. The summed E-state index contributed by atoms with van der Waals surface area (Å²) in [6, 6.07) is 0.545. The number of guanidine groups is 1. The molecule has 128 valence electrons. The van der Waals surface area contributed by atoms with Crippen LogP contribution in [0.3, 0.4) is 0 Å². The monoisotopic (exact) mass is 310 g/mol. The largest absolute Gasteiger partial charge is 0.381 e. The van der Waals surface area contributed by atoms with E-state index in [1.165, 1.54) is 19.3 Å². The molecule has 0 aromatic carbocycles. The van der Waals surface area contributed by atoms with Gasteiger partial charge >= 0.3 is 0 Å². The minimum absolute atomic E-state index is 0.385. The maximum absolute atomic E-state index is 5.62. The summed E-state index contributed by atoms with van der Waals surface area (Å²) in [6.07, 6.45) is 3.64. The first-order chi connectivity index (χ1) is 10.5. The van der Waals surface area contributed by atoms with E-state index in [2.05, 4.69) is 48.1 Å². The number of hydrogen-bond donors (Lipinski definition) is 1. The minimum Gasteiger partial charge on any atom is -0.381 e. The first-order valence-corrected chi connectivity index (χ1v) is 8.65. The minimum atomic E-state index is 0.385. The van der Waals surface area contributed by atoms with Gasteiger partial charge in [-0.3, -0.25) is 4.99 Å². The molecule has 0 aromatic rings. The molecule has 5 nitrogen and oxygen atoms in total. The van der Waals surface area contributed by atoms with Crippen LogP contribution in [-0.4, -0.2) is 75.8 Å². The highest BCUT2D eigenvalue weighted by atomic mass is 16.5. The SMILES string of the molecule is CN=C(NCC(CC(C)C)N(C)C)N1CCC2(CCOC2)C1. The van der Waals surface area contributed by atoms with Gasteiger partial charge in [-0.15, -0.1) is 0 Å². The van der Waals surface area contributed by atoms with Crippen LogP contribution in [0.5, 0.6) is 0 Å². The van der Waals surface area contributed by atoms with Gasteiger partial charge in [0.05, 0.1) is 6.61 Å². The van der Waals surface area contributed by atoms with E-state index < -0.39 is 0 Å². The van der Waals surface area contributed by atoms with E-state index in [1.54, 1.807) is 0 Å². The van der Waals surface area contributed by atoms with Crippen LogP contribution in [0.25, 0.3) is 0 Å². The maximum atomic E-state index is 5.62. The number of rotatable bonds is 5. The van der Waals surface area contributed by atoms with E-state index in [4.69, 9.17) is 4.74 Å². The second-order valence-electron chi connectivity index (χ2n) is 7.65. The third kappa shape index (κ3) is 4.35. The molecule has 2 saturated heterocycles. The van der Waals surface area contributed by atoms with Gasteiger partial charge in [-0.05, 0) is 39.3 Å². The fraction of sp³-hybridized carbons (Fsp3) is 0.941. The quantitative estimate of drug-likeness (QED) is 0.619. The van der Waals surface area contributed by atoms with Gasteiger partial charge in [0, 0.05) is 44.7 Å². The molecule has 2 unspecified atom stereocenters. The zero-order valence-corrected chi connectivity index (χ0v) is 15.1. The molecule has 2 fully saturated rings. The number of hydrogen-bond acceptors (Lipinski definition) is 3. The number of ether oxygens (including phenoxy) is 1. The smallest absolute Gasteiger partial charge is 0.193 e. The molecule has 0 radical (unpaired) electrons. The Morgan fingerprint density at radius 3 is 2.68 bits per heavy atom. The van der Waals surface area contributed by atoms with E-state index in [1.807, 2.05) is 7.05 Å². The molecule has 2 heterocycles. The van der Waals surface area contributed by atoms with Crippen LogP contribution >= 0.6 is 0 Å². The maximum Gasteiger partial charge on any atom is 0.193 e. The van der Waals surface area contributed by atoms with Crippen LogP contribution in [0.15, 0.2) is 4.99 Å². The Kier molecular flexibility index (Phi) is 6.09. The second-order valence-corrected chi connectivity index (χ2v) is 7.65. The number of likely N-dealkylation sites (tertiary alicyclic amines) is 1. The molecule has 0 aromatic heterocycles. The molecule has 0 amide bonds. The third-order valence-corrected chi connectivity index (χ3v) is 5.10. The molecule has 0 bridgehead atoms. The van der Waals surface area contributed by atoms with Gasteiger partial charge in [-0.2, -0.15) is 0 Å². The van der Waals surface area contributed by atoms with Crippen LogP contribution < -0.4 is 5.32 Å². The van der Waals surface area contributed by atoms with Gasteiger partial charge in [-0.1, -0.05) is 13.8 Å². The van der Waals surface area contributed by atoms with Crippen molar-refractivity contribution in [3.8, 4) is 0 Å². The predicted molar refractivity (Wildman–Crippen MR) is 92.4 cm³/mol. The fourth-order valence-corrected chi connectivity index (χ4v) is 3.65. The van der Waals surface area contributed by atoms with Crippen molar-refractivity contribution in [3.63, 3.8) is 0 Å². The summed E-state index contributed by atoms with van der Waals surface area (Å²) in [5.74, 6) is 1.77. The second kappa shape index (κ2) is 7.64. The standard InChI is InChI=1S/C17H34N4O/c1-14(2)10-15(20(4)5)11-19-16(18-3)21-8-6-17(12-21)7-9-22-13-17/h14-15H,6-13H2,1-5H3,(H,18,19). The summed E-state index contributed by atoms with van der Waals surface area (Å²) in [5.41, 5.74) is 0.385. The van der Waals surface area contributed by atoms with Crippen molar-refractivity contribution in [3.05, 3.63) is 0 Å². The molecule has 1 spiro atoms. The summed E-state index contributed by atoms with van der Waals surface area (Å²) in [7, 11) is 6.22. The predicted octanol–water partition coefficient (Wildman–Crippen LogP) is 1.65. The molecular weight excluding hydrogens is 276 g/mol. The first kappa shape index (κ1) is 17.5. The summed E-state index contributed by atoms with van der Waals surface area (Å²) >= 11 is 0. The average Bonchev–Trinajstić information content (AvgIpc) is 3.09. The fourth-order valence-electron chi connectivity index (χ4n) is 3.65. The zero-order valence-electron chi connectivity index (χ0n) is 15.1. The van der Waals surface area contributed by atoms with Gasteiger partial charge < -0.3 is 19.9 Å². The lowest BCUT2D eigenvalue weighted by atomic mass is 9.87. The molecule has 1 N–H and O–H groups in total. The van der Waals surface area contributed by atoms with Crippen molar-refractivity contribution < 1.29 is 4.74 Å². The molecule has 22 heavy (non-hydrogen) atoms. The van der Waals surface area contributed by atoms with Crippen LogP contribution in [-0.2, 0) is 4.74 Å². The Morgan fingerprint density at radius 2 is 2.14 bits per heavy atom. The topological polar surface area (TPSA) is 40.1 Å². The molecule has 5 heteroatoms. The lowest BCUT2D eigenvalue weighted by Gasteiger charge is -2.29. The van der Waals surface area contributed by atoms with Gasteiger partial charge in [0.15, 0.2) is 5.96 Å². The van der Waals surface area contributed by atoms with Crippen molar-refractivity contribution >= 4 is 5.96 Å². The van der Waals surface area contributed by atoms with Gasteiger partial charge in [0.1, 0.15) is 0 Å². The van der Waals surface area contributed by atoms with E-state index >= 15 is 0 Å². The number of aliphatic imine (C=N–C) groups is 1. The average molecular weight is 310 g/mol. The van der Waals surface area contributed by atoms with Crippen molar-refractivity contribution in [2.75, 3.05) is 54.0 Å². The van der Waals surface area contributed by atoms with E-state index in [0.29, 0.717) is 17.4 Å². The number of likely N-dealkylation sites (N-methyl/N-ethyl adjacent to an activating group) is 1. The van der Waals surface area contributed by atoms with E-state index in [9.17, 15) is 0 Å². The van der Waals surface area contributed by atoms with Gasteiger partial charge in [0.2, 0.25) is 0 Å². The van der Waals surface area contributed by atoms with Crippen LogP contribution in [0.4, 0.5) is 0 Å². The number of nitrogens with one attached hydrogen (secondary N) is 1. The molecule has 0 saturated carbocycles. The highest BCUT2D eigenvalue weighted by Crippen LogP contribution is 2.38.